The average Bonchev–Trinajstić information content (AvgIpc) is 3.15. The van der Waals surface area contributed by atoms with Crippen LogP contribution in [0.2, 0.25) is 0 Å². The van der Waals surface area contributed by atoms with Gasteiger partial charge in [0.25, 0.3) is 0 Å². The Morgan fingerprint density at radius 1 is 1.00 bits per heavy atom. The van der Waals surface area contributed by atoms with Crippen LogP contribution in [0.4, 0.5) is 4.39 Å². The fraction of sp³-hybridized carbons (Fsp3) is 0.375. The van der Waals surface area contributed by atoms with Crippen molar-refractivity contribution in [2.24, 2.45) is 0 Å². The molecule has 0 bridgehead atoms. The lowest BCUT2D eigenvalue weighted by Gasteiger charge is -2.22. The van der Waals surface area contributed by atoms with Gasteiger partial charge in [-0.05, 0) is 60.0 Å². The Labute approximate surface area is 181 Å². The fourth-order valence-electron chi connectivity index (χ4n) is 3.64. The number of fused-ring (bicyclic) bond motifs is 1. The molecule has 0 saturated carbocycles. The van der Waals surface area contributed by atoms with Crippen molar-refractivity contribution in [2.75, 3.05) is 47.6 Å². The first-order valence-electron chi connectivity index (χ1n) is 10.3. The summed E-state index contributed by atoms with van der Waals surface area (Å²) in [5.74, 6) is 0.470. The van der Waals surface area contributed by atoms with Crippen molar-refractivity contribution < 1.29 is 23.4 Å². The van der Waals surface area contributed by atoms with E-state index >= 15 is 0 Å². The van der Waals surface area contributed by atoms with Gasteiger partial charge < -0.3 is 24.1 Å². The molecule has 7 heteroatoms. The van der Waals surface area contributed by atoms with Crippen LogP contribution in [0.5, 0.6) is 5.75 Å². The van der Waals surface area contributed by atoms with Crippen LogP contribution in [-0.4, -0.2) is 63.4 Å². The zero-order valence-corrected chi connectivity index (χ0v) is 18.2. The number of aryl methyl sites for hydroxylation is 1. The van der Waals surface area contributed by atoms with E-state index in [1.54, 1.807) is 32.3 Å². The van der Waals surface area contributed by atoms with Gasteiger partial charge in [-0.3, -0.25) is 4.79 Å². The number of amides is 1. The van der Waals surface area contributed by atoms with Gasteiger partial charge in [-0.1, -0.05) is 0 Å². The highest BCUT2D eigenvalue weighted by Crippen LogP contribution is 2.33. The molecule has 0 aliphatic heterocycles. The van der Waals surface area contributed by atoms with Crippen molar-refractivity contribution in [1.29, 1.82) is 0 Å². The van der Waals surface area contributed by atoms with Crippen LogP contribution in [0, 0.1) is 5.82 Å². The Kier molecular flexibility index (Phi) is 8.03. The predicted molar refractivity (Wildman–Crippen MR) is 119 cm³/mol. The van der Waals surface area contributed by atoms with E-state index in [2.05, 4.69) is 4.98 Å². The quantitative estimate of drug-likeness (QED) is 0.501. The van der Waals surface area contributed by atoms with Gasteiger partial charge in [0.15, 0.2) is 0 Å². The maximum atomic E-state index is 14.0. The van der Waals surface area contributed by atoms with Gasteiger partial charge in [0.05, 0.1) is 20.3 Å². The molecule has 31 heavy (non-hydrogen) atoms. The molecule has 1 aromatic heterocycles. The number of hydrogen-bond acceptors (Lipinski definition) is 4. The van der Waals surface area contributed by atoms with Gasteiger partial charge in [0.1, 0.15) is 11.6 Å². The monoisotopic (exact) mass is 428 g/mol. The lowest BCUT2D eigenvalue weighted by Crippen LogP contribution is -2.36. The number of halogens is 1. The third-order valence-corrected chi connectivity index (χ3v) is 5.32. The molecule has 1 heterocycles. The molecule has 0 radical (unpaired) electrons. The number of hydrogen-bond donors (Lipinski definition) is 1. The second-order valence-corrected chi connectivity index (χ2v) is 7.26. The SMILES string of the molecule is COCCN(CCOC)C(=O)CCc1c(-c2ccc(OC)cc2)[nH]c2ccc(F)cc12. The Morgan fingerprint density at radius 2 is 1.68 bits per heavy atom. The van der Waals surface area contributed by atoms with Crippen molar-refractivity contribution in [2.45, 2.75) is 12.8 Å². The third-order valence-electron chi connectivity index (χ3n) is 5.32. The maximum Gasteiger partial charge on any atom is 0.223 e. The summed E-state index contributed by atoms with van der Waals surface area (Å²) in [5.41, 5.74) is 3.60. The van der Waals surface area contributed by atoms with E-state index in [4.69, 9.17) is 14.2 Å². The Morgan fingerprint density at radius 3 is 2.29 bits per heavy atom. The number of H-pyrrole nitrogens is 1. The standard InChI is InChI=1S/C24H29FN2O4/c1-29-14-12-27(13-15-30-2)23(28)11-9-20-21-16-18(25)6-10-22(21)26-24(20)17-4-7-19(31-3)8-5-17/h4-8,10,16,26H,9,11-15H2,1-3H3. The number of rotatable bonds is 11. The molecule has 0 fully saturated rings. The smallest absolute Gasteiger partial charge is 0.223 e. The zero-order chi connectivity index (χ0) is 22.2. The topological polar surface area (TPSA) is 63.8 Å². The fourth-order valence-corrected chi connectivity index (χ4v) is 3.64. The van der Waals surface area contributed by atoms with E-state index in [1.807, 2.05) is 24.3 Å². The van der Waals surface area contributed by atoms with Crippen LogP contribution in [-0.2, 0) is 20.7 Å². The summed E-state index contributed by atoms with van der Waals surface area (Å²) in [6.45, 7) is 1.94. The lowest BCUT2D eigenvalue weighted by molar-refractivity contribution is -0.132. The molecule has 0 spiro atoms. The van der Waals surface area contributed by atoms with Gasteiger partial charge in [0, 0.05) is 50.3 Å². The summed E-state index contributed by atoms with van der Waals surface area (Å²) in [6, 6.07) is 12.4. The summed E-state index contributed by atoms with van der Waals surface area (Å²) < 4.78 is 29.5. The first-order chi connectivity index (χ1) is 15.1. The largest absolute Gasteiger partial charge is 0.497 e. The summed E-state index contributed by atoms with van der Waals surface area (Å²) in [5, 5.41) is 0.791. The summed E-state index contributed by atoms with van der Waals surface area (Å²) >= 11 is 0. The molecule has 3 aromatic rings. The van der Waals surface area contributed by atoms with Crippen LogP contribution < -0.4 is 4.74 Å². The minimum atomic E-state index is -0.304. The second kappa shape index (κ2) is 10.9. The lowest BCUT2D eigenvalue weighted by atomic mass is 10.0. The van der Waals surface area contributed by atoms with E-state index in [-0.39, 0.29) is 11.7 Å². The van der Waals surface area contributed by atoms with Gasteiger partial charge in [-0.15, -0.1) is 0 Å². The molecule has 3 rings (SSSR count). The molecule has 0 aliphatic rings. The van der Waals surface area contributed by atoms with Crippen molar-refractivity contribution in [3.63, 3.8) is 0 Å². The number of nitrogens with one attached hydrogen (secondary N) is 1. The number of carbonyl (C=O) groups excluding carboxylic acids is 1. The Balaban J connectivity index is 1.88. The number of carbonyl (C=O) groups is 1. The van der Waals surface area contributed by atoms with Gasteiger partial charge in [-0.25, -0.2) is 4.39 Å². The van der Waals surface area contributed by atoms with E-state index < -0.39 is 0 Å². The molecule has 0 aliphatic carbocycles. The number of aromatic amines is 1. The van der Waals surface area contributed by atoms with Crippen molar-refractivity contribution in [3.8, 4) is 17.0 Å². The summed E-state index contributed by atoms with van der Waals surface area (Å²) in [7, 11) is 4.85. The Hall–Kier alpha value is -2.90. The maximum absolute atomic E-state index is 14.0. The minimum absolute atomic E-state index is 0.0144. The van der Waals surface area contributed by atoms with Gasteiger partial charge in [-0.2, -0.15) is 0 Å². The van der Waals surface area contributed by atoms with E-state index in [0.717, 1.165) is 33.5 Å². The predicted octanol–water partition coefficient (Wildman–Crippen LogP) is 4.04. The number of nitrogens with zero attached hydrogens (tertiary/aromatic N) is 1. The number of ether oxygens (including phenoxy) is 3. The van der Waals surface area contributed by atoms with Crippen molar-refractivity contribution >= 4 is 16.8 Å². The average molecular weight is 429 g/mol. The molecule has 1 amide bonds. The Bertz CT molecular complexity index is 993. The summed E-state index contributed by atoms with van der Waals surface area (Å²) in [4.78, 5) is 18.0. The highest BCUT2D eigenvalue weighted by molar-refractivity contribution is 5.91. The van der Waals surface area contributed by atoms with Crippen LogP contribution in [0.25, 0.3) is 22.2 Å². The van der Waals surface area contributed by atoms with Crippen molar-refractivity contribution in [3.05, 3.63) is 53.8 Å². The van der Waals surface area contributed by atoms with Gasteiger partial charge >= 0.3 is 0 Å². The number of aromatic nitrogens is 1. The highest BCUT2D eigenvalue weighted by atomic mass is 19.1. The molecule has 6 nitrogen and oxygen atoms in total. The molecule has 2 aromatic carbocycles. The van der Waals surface area contributed by atoms with E-state index in [9.17, 15) is 9.18 Å². The molecular weight excluding hydrogens is 399 g/mol. The zero-order valence-electron chi connectivity index (χ0n) is 18.2. The van der Waals surface area contributed by atoms with E-state index in [1.165, 1.54) is 12.1 Å². The molecule has 1 N–H and O–H groups in total. The van der Waals surface area contributed by atoms with Crippen LogP contribution in [0.1, 0.15) is 12.0 Å². The van der Waals surface area contributed by atoms with Crippen LogP contribution >= 0.6 is 0 Å². The first-order valence-corrected chi connectivity index (χ1v) is 10.3. The van der Waals surface area contributed by atoms with E-state index in [0.29, 0.717) is 39.1 Å². The van der Waals surface area contributed by atoms with Crippen LogP contribution in [0.3, 0.4) is 0 Å². The molecule has 166 valence electrons. The minimum Gasteiger partial charge on any atom is -0.497 e. The number of benzene rings is 2. The molecule has 0 saturated heterocycles. The summed E-state index contributed by atoms with van der Waals surface area (Å²) in [6.07, 6.45) is 0.792. The number of methoxy groups -OCH3 is 3. The highest BCUT2D eigenvalue weighted by Gasteiger charge is 2.18. The molecular formula is C24H29FN2O4. The van der Waals surface area contributed by atoms with Crippen molar-refractivity contribution in [1.82, 2.24) is 9.88 Å². The normalized spacial score (nSPS) is 11.1. The van der Waals surface area contributed by atoms with Gasteiger partial charge in [0.2, 0.25) is 5.91 Å². The second-order valence-electron chi connectivity index (χ2n) is 7.26. The molecule has 0 atom stereocenters. The molecule has 0 unspecified atom stereocenters. The first kappa shape index (κ1) is 22.8. The van der Waals surface area contributed by atoms with Crippen LogP contribution in [0.15, 0.2) is 42.5 Å². The third kappa shape index (κ3) is 5.62.